The van der Waals surface area contributed by atoms with Crippen LogP contribution in [0.15, 0.2) is 27.9 Å². The molecule has 9 heteroatoms. The van der Waals surface area contributed by atoms with Crippen molar-refractivity contribution in [3.8, 4) is 0 Å². The summed E-state index contributed by atoms with van der Waals surface area (Å²) in [5.41, 5.74) is -0.0280. The highest BCUT2D eigenvalue weighted by atomic mass is 32.2. The minimum atomic E-state index is -2.68. The summed E-state index contributed by atoms with van der Waals surface area (Å²) in [6.07, 6.45) is 1.98. The number of ether oxygens (including phenoxy) is 1. The quantitative estimate of drug-likeness (QED) is 0.563. The van der Waals surface area contributed by atoms with Gasteiger partial charge in [0.1, 0.15) is 5.03 Å². The number of thioether (sulfide) groups is 1. The summed E-state index contributed by atoms with van der Waals surface area (Å²) in [7, 11) is 0. The lowest BCUT2D eigenvalue weighted by Gasteiger charge is -2.06. The van der Waals surface area contributed by atoms with Gasteiger partial charge in [-0.3, -0.25) is 0 Å². The van der Waals surface area contributed by atoms with Crippen LogP contribution in [0.5, 0.6) is 0 Å². The first-order valence-electron chi connectivity index (χ1n) is 6.84. The van der Waals surface area contributed by atoms with E-state index in [1.807, 2.05) is 13.8 Å². The van der Waals surface area contributed by atoms with Crippen LogP contribution in [0.25, 0.3) is 0 Å². The minimum Gasteiger partial charge on any atom is -0.452 e. The summed E-state index contributed by atoms with van der Waals surface area (Å²) in [5.74, 6) is -2.40. The standard InChI is InChI=1S/C14H15F2N3O3S/c1-8(2)6-10-18-11(22-19-10)7-21-13(20)9-4-3-5-17-12(9)23-14(15)16/h3-5,8,14H,6-7H2,1-2H3. The van der Waals surface area contributed by atoms with Gasteiger partial charge in [0.05, 0.1) is 5.56 Å². The third-order valence-corrected chi connectivity index (χ3v) is 3.35. The fraction of sp³-hybridized carbons (Fsp3) is 0.429. The van der Waals surface area contributed by atoms with E-state index < -0.39 is 11.7 Å². The number of pyridine rings is 1. The van der Waals surface area contributed by atoms with Crippen molar-refractivity contribution in [1.82, 2.24) is 15.1 Å². The van der Waals surface area contributed by atoms with Gasteiger partial charge in [-0.25, -0.2) is 9.78 Å². The van der Waals surface area contributed by atoms with Gasteiger partial charge in [0.25, 0.3) is 11.6 Å². The summed E-state index contributed by atoms with van der Waals surface area (Å²) in [6, 6.07) is 2.84. The zero-order chi connectivity index (χ0) is 16.8. The summed E-state index contributed by atoms with van der Waals surface area (Å²) in [4.78, 5) is 19.8. The van der Waals surface area contributed by atoms with Crippen LogP contribution in [0.3, 0.4) is 0 Å². The Kier molecular flexibility index (Phi) is 6.03. The van der Waals surface area contributed by atoms with Crippen molar-refractivity contribution in [2.24, 2.45) is 5.92 Å². The molecular formula is C14H15F2N3O3S. The molecule has 0 aromatic carbocycles. The van der Waals surface area contributed by atoms with E-state index in [0.29, 0.717) is 18.2 Å². The topological polar surface area (TPSA) is 78.1 Å². The van der Waals surface area contributed by atoms with Crippen molar-refractivity contribution in [3.05, 3.63) is 35.6 Å². The van der Waals surface area contributed by atoms with Gasteiger partial charge < -0.3 is 9.26 Å². The molecule has 0 radical (unpaired) electrons. The Labute approximate surface area is 135 Å². The normalized spacial score (nSPS) is 11.2. The van der Waals surface area contributed by atoms with Gasteiger partial charge in [0.2, 0.25) is 0 Å². The molecule has 0 saturated carbocycles. The fourth-order valence-electron chi connectivity index (χ4n) is 1.73. The Bertz CT molecular complexity index is 664. The second-order valence-electron chi connectivity index (χ2n) is 5.01. The minimum absolute atomic E-state index is 0.0280. The summed E-state index contributed by atoms with van der Waals surface area (Å²) in [6.45, 7) is 3.80. The molecule has 0 aliphatic rings. The lowest BCUT2D eigenvalue weighted by atomic mass is 10.1. The molecule has 2 aromatic heterocycles. The van der Waals surface area contributed by atoms with E-state index in [4.69, 9.17) is 9.26 Å². The van der Waals surface area contributed by atoms with Crippen molar-refractivity contribution in [3.63, 3.8) is 0 Å². The number of aromatic nitrogens is 3. The summed E-state index contributed by atoms with van der Waals surface area (Å²) >= 11 is 0.189. The van der Waals surface area contributed by atoms with Gasteiger partial charge in [0, 0.05) is 12.6 Å². The van der Waals surface area contributed by atoms with E-state index in [1.165, 1.54) is 18.3 Å². The van der Waals surface area contributed by atoms with Gasteiger partial charge in [-0.15, -0.1) is 0 Å². The van der Waals surface area contributed by atoms with Crippen molar-refractivity contribution < 1.29 is 22.8 Å². The molecule has 23 heavy (non-hydrogen) atoms. The van der Waals surface area contributed by atoms with Crippen molar-refractivity contribution in [2.45, 2.75) is 37.7 Å². The van der Waals surface area contributed by atoms with E-state index in [0.717, 1.165) is 0 Å². The highest BCUT2D eigenvalue weighted by molar-refractivity contribution is 7.99. The van der Waals surface area contributed by atoms with E-state index in [1.54, 1.807) is 0 Å². The molecule has 2 rings (SSSR count). The van der Waals surface area contributed by atoms with Crippen LogP contribution in [-0.2, 0) is 17.8 Å². The molecule has 0 aliphatic heterocycles. The van der Waals surface area contributed by atoms with Crippen molar-refractivity contribution in [1.29, 1.82) is 0 Å². The van der Waals surface area contributed by atoms with Crippen molar-refractivity contribution in [2.75, 3.05) is 0 Å². The number of esters is 1. The number of nitrogens with zero attached hydrogens (tertiary/aromatic N) is 3. The van der Waals surface area contributed by atoms with Crippen LogP contribution in [0, 0.1) is 5.92 Å². The Hall–Kier alpha value is -2.03. The Morgan fingerprint density at radius 3 is 2.91 bits per heavy atom. The lowest BCUT2D eigenvalue weighted by molar-refractivity contribution is 0.0424. The average molecular weight is 343 g/mol. The molecule has 6 nitrogen and oxygen atoms in total. The molecule has 0 saturated heterocycles. The van der Waals surface area contributed by atoms with Crippen LogP contribution in [0.1, 0.15) is 35.9 Å². The summed E-state index contributed by atoms with van der Waals surface area (Å²) < 4.78 is 34.9. The fourth-order valence-corrected chi connectivity index (χ4v) is 2.30. The monoisotopic (exact) mass is 343 g/mol. The van der Waals surface area contributed by atoms with Crippen LogP contribution in [-0.4, -0.2) is 26.9 Å². The van der Waals surface area contributed by atoms with Crippen LogP contribution in [0.2, 0.25) is 0 Å². The molecule has 2 heterocycles. The Morgan fingerprint density at radius 1 is 1.43 bits per heavy atom. The van der Waals surface area contributed by atoms with E-state index >= 15 is 0 Å². The first-order valence-corrected chi connectivity index (χ1v) is 7.72. The zero-order valence-corrected chi connectivity index (χ0v) is 13.3. The van der Waals surface area contributed by atoms with E-state index in [2.05, 4.69) is 15.1 Å². The second kappa shape index (κ2) is 8.00. The summed E-state index contributed by atoms with van der Waals surface area (Å²) in [5, 5.41) is 3.69. The van der Waals surface area contributed by atoms with Gasteiger partial charge in [-0.2, -0.15) is 13.8 Å². The molecular weight excluding hydrogens is 328 g/mol. The number of hydrogen-bond acceptors (Lipinski definition) is 7. The second-order valence-corrected chi connectivity index (χ2v) is 5.99. The third kappa shape index (κ3) is 5.27. The SMILES string of the molecule is CC(C)Cc1noc(COC(=O)c2cccnc2SC(F)F)n1. The van der Waals surface area contributed by atoms with Crippen molar-refractivity contribution >= 4 is 17.7 Å². The third-order valence-electron chi connectivity index (χ3n) is 2.62. The van der Waals surface area contributed by atoms with Gasteiger partial charge in [0.15, 0.2) is 12.4 Å². The Balaban J connectivity index is 1.98. The van der Waals surface area contributed by atoms with Gasteiger partial charge in [-0.1, -0.05) is 19.0 Å². The number of rotatable bonds is 7. The Morgan fingerprint density at radius 2 is 2.22 bits per heavy atom. The highest BCUT2D eigenvalue weighted by Gasteiger charge is 2.19. The maximum atomic E-state index is 12.5. The first kappa shape index (κ1) is 17.3. The predicted octanol–water partition coefficient (Wildman–Crippen LogP) is 3.33. The number of halogens is 2. The molecule has 0 atom stereocenters. The first-order chi connectivity index (χ1) is 11.0. The molecule has 0 spiro atoms. The molecule has 0 fully saturated rings. The average Bonchev–Trinajstić information content (AvgIpc) is 2.91. The molecule has 124 valence electrons. The molecule has 0 unspecified atom stereocenters. The predicted molar refractivity (Wildman–Crippen MR) is 78.1 cm³/mol. The molecule has 0 amide bonds. The number of alkyl halides is 2. The largest absolute Gasteiger partial charge is 0.452 e. The zero-order valence-electron chi connectivity index (χ0n) is 12.5. The van der Waals surface area contributed by atoms with Crippen LogP contribution >= 0.6 is 11.8 Å². The number of hydrogen-bond donors (Lipinski definition) is 0. The molecule has 0 aliphatic carbocycles. The smallest absolute Gasteiger partial charge is 0.341 e. The maximum Gasteiger partial charge on any atom is 0.341 e. The van der Waals surface area contributed by atoms with Gasteiger partial charge in [-0.05, 0) is 29.8 Å². The van der Waals surface area contributed by atoms with Gasteiger partial charge >= 0.3 is 5.97 Å². The molecule has 0 N–H and O–H groups in total. The molecule has 0 bridgehead atoms. The van der Waals surface area contributed by atoms with E-state index in [9.17, 15) is 13.6 Å². The van der Waals surface area contributed by atoms with Crippen LogP contribution in [0.4, 0.5) is 8.78 Å². The highest BCUT2D eigenvalue weighted by Crippen LogP contribution is 2.26. The number of carbonyl (C=O) groups excluding carboxylic acids is 1. The number of carbonyl (C=O) groups is 1. The molecule has 2 aromatic rings. The van der Waals surface area contributed by atoms with E-state index in [-0.39, 0.29) is 34.8 Å². The van der Waals surface area contributed by atoms with Crippen LogP contribution < -0.4 is 0 Å². The lowest BCUT2D eigenvalue weighted by Crippen LogP contribution is -2.08. The maximum absolute atomic E-state index is 12.5.